The van der Waals surface area contributed by atoms with Crippen LogP contribution in [-0.2, 0) is 0 Å². The number of amides is 1. The number of piperidine rings is 1. The van der Waals surface area contributed by atoms with E-state index < -0.39 is 18.3 Å². The molecule has 2 aliphatic rings. The van der Waals surface area contributed by atoms with E-state index in [1.165, 1.54) is 6.07 Å². The number of nitrogens with zero attached hydrogens (tertiary/aromatic N) is 3. The Labute approximate surface area is 167 Å². The molecule has 2 aliphatic heterocycles. The predicted molar refractivity (Wildman–Crippen MR) is 104 cm³/mol. The summed E-state index contributed by atoms with van der Waals surface area (Å²) in [7, 11) is 0. The number of carbonyl (C=O) groups excluding carboxylic acids is 1. The molecule has 4 rings (SSSR count). The molecule has 0 unspecified atom stereocenters. The van der Waals surface area contributed by atoms with Crippen molar-refractivity contribution in [2.45, 2.75) is 69.9 Å². The number of alkyl halides is 3. The number of rotatable bonds is 2. The maximum Gasteiger partial charge on any atom is 0.410 e. The molecule has 29 heavy (non-hydrogen) atoms. The average molecular weight is 406 g/mol. The van der Waals surface area contributed by atoms with Gasteiger partial charge in [0.1, 0.15) is 5.82 Å². The van der Waals surface area contributed by atoms with E-state index in [0.29, 0.717) is 0 Å². The molecule has 1 fully saturated rings. The lowest BCUT2D eigenvalue weighted by molar-refractivity contribution is -0.173. The van der Waals surface area contributed by atoms with Crippen molar-refractivity contribution in [3.05, 3.63) is 47.7 Å². The van der Waals surface area contributed by atoms with Crippen molar-refractivity contribution in [3.8, 4) is 0 Å². The number of fused-ring (bicyclic) bond motifs is 1. The van der Waals surface area contributed by atoms with Crippen molar-refractivity contribution in [2.75, 3.05) is 5.32 Å². The van der Waals surface area contributed by atoms with E-state index in [1.54, 1.807) is 29.2 Å². The number of carbonyl (C=O) groups is 1. The van der Waals surface area contributed by atoms with Gasteiger partial charge in [0.25, 0.3) is 5.91 Å². The van der Waals surface area contributed by atoms with Crippen LogP contribution in [0.1, 0.15) is 67.7 Å². The summed E-state index contributed by atoms with van der Waals surface area (Å²) in [6, 6.07) is 8.34. The molecular weight excluding hydrogens is 381 g/mol. The van der Waals surface area contributed by atoms with Crippen LogP contribution in [0.5, 0.6) is 0 Å². The SMILES string of the molecule is C[C@@H]1CCC[C@H](C)N1C(=O)c1cc2n(n1)[C@@H](C(F)(F)F)C[C@@H](c1ccccc1)N2. The first-order valence-corrected chi connectivity index (χ1v) is 10.1. The predicted octanol–water partition coefficient (Wildman–Crippen LogP) is 4.95. The number of benzene rings is 1. The molecule has 1 aromatic carbocycles. The van der Waals surface area contributed by atoms with Crippen LogP contribution in [0.15, 0.2) is 36.4 Å². The van der Waals surface area contributed by atoms with Gasteiger partial charge in [0.2, 0.25) is 0 Å². The van der Waals surface area contributed by atoms with Crippen LogP contribution < -0.4 is 5.32 Å². The van der Waals surface area contributed by atoms with E-state index in [0.717, 1.165) is 29.5 Å². The smallest absolute Gasteiger partial charge is 0.363 e. The van der Waals surface area contributed by atoms with E-state index in [4.69, 9.17) is 0 Å². The number of nitrogens with one attached hydrogen (secondary N) is 1. The minimum absolute atomic E-state index is 0.0495. The summed E-state index contributed by atoms with van der Waals surface area (Å²) in [6.07, 6.45) is -1.80. The lowest BCUT2D eigenvalue weighted by Gasteiger charge is -2.38. The minimum Gasteiger partial charge on any atom is -0.363 e. The summed E-state index contributed by atoms with van der Waals surface area (Å²) in [5.74, 6) is -0.0707. The van der Waals surface area contributed by atoms with Crippen molar-refractivity contribution in [2.24, 2.45) is 0 Å². The molecular formula is C21H25F3N4O. The number of anilines is 1. The van der Waals surface area contributed by atoms with Crippen LogP contribution >= 0.6 is 0 Å². The Morgan fingerprint density at radius 1 is 1.14 bits per heavy atom. The van der Waals surface area contributed by atoms with Gasteiger partial charge < -0.3 is 10.2 Å². The summed E-state index contributed by atoms with van der Waals surface area (Å²) >= 11 is 0. The molecule has 156 valence electrons. The zero-order valence-corrected chi connectivity index (χ0v) is 16.5. The normalized spacial score (nSPS) is 27.3. The van der Waals surface area contributed by atoms with E-state index in [2.05, 4.69) is 10.4 Å². The van der Waals surface area contributed by atoms with Crippen molar-refractivity contribution in [1.29, 1.82) is 0 Å². The molecule has 2 aromatic rings. The summed E-state index contributed by atoms with van der Waals surface area (Å²) in [5.41, 5.74) is 0.844. The number of hydrogen-bond acceptors (Lipinski definition) is 3. The highest BCUT2D eigenvalue weighted by Crippen LogP contribution is 2.43. The third kappa shape index (κ3) is 3.72. The molecule has 5 nitrogen and oxygen atoms in total. The zero-order chi connectivity index (χ0) is 20.8. The van der Waals surface area contributed by atoms with Crippen LogP contribution in [0.2, 0.25) is 0 Å². The minimum atomic E-state index is -4.46. The Balaban J connectivity index is 1.68. The highest BCUT2D eigenvalue weighted by atomic mass is 19.4. The molecule has 3 heterocycles. The molecule has 0 radical (unpaired) electrons. The van der Waals surface area contributed by atoms with Crippen molar-refractivity contribution >= 4 is 11.7 Å². The first kappa shape index (κ1) is 19.8. The monoisotopic (exact) mass is 406 g/mol. The summed E-state index contributed by atoms with van der Waals surface area (Å²) < 4.78 is 42.4. The van der Waals surface area contributed by atoms with E-state index in [1.807, 2.05) is 19.9 Å². The van der Waals surface area contributed by atoms with Crippen LogP contribution in [0.25, 0.3) is 0 Å². The van der Waals surface area contributed by atoms with Crippen molar-refractivity contribution in [3.63, 3.8) is 0 Å². The summed E-state index contributed by atoms with van der Waals surface area (Å²) in [6.45, 7) is 3.96. The second-order valence-electron chi connectivity index (χ2n) is 8.10. The van der Waals surface area contributed by atoms with Gasteiger partial charge in [-0.1, -0.05) is 30.3 Å². The topological polar surface area (TPSA) is 50.2 Å². The van der Waals surface area contributed by atoms with E-state index >= 15 is 0 Å². The first-order chi connectivity index (χ1) is 13.8. The van der Waals surface area contributed by atoms with Gasteiger partial charge in [0.15, 0.2) is 11.7 Å². The van der Waals surface area contributed by atoms with Crippen LogP contribution in [0.3, 0.4) is 0 Å². The molecule has 0 saturated carbocycles. The fraction of sp³-hybridized carbons (Fsp3) is 0.524. The largest absolute Gasteiger partial charge is 0.410 e. The number of aromatic nitrogens is 2. The van der Waals surface area contributed by atoms with Gasteiger partial charge in [-0.15, -0.1) is 0 Å². The van der Waals surface area contributed by atoms with Gasteiger partial charge in [-0.2, -0.15) is 18.3 Å². The Bertz CT molecular complexity index is 870. The molecule has 0 spiro atoms. The first-order valence-electron chi connectivity index (χ1n) is 10.1. The Morgan fingerprint density at radius 2 is 1.79 bits per heavy atom. The van der Waals surface area contributed by atoms with Gasteiger partial charge >= 0.3 is 6.18 Å². The van der Waals surface area contributed by atoms with Gasteiger partial charge in [-0.3, -0.25) is 4.79 Å². The molecule has 0 aliphatic carbocycles. The van der Waals surface area contributed by atoms with Crippen LogP contribution in [0, 0.1) is 0 Å². The summed E-state index contributed by atoms with van der Waals surface area (Å²) in [5, 5.41) is 7.26. The number of hydrogen-bond donors (Lipinski definition) is 1. The quantitative estimate of drug-likeness (QED) is 0.768. The fourth-order valence-electron chi connectivity index (χ4n) is 4.54. The fourth-order valence-corrected chi connectivity index (χ4v) is 4.54. The van der Waals surface area contributed by atoms with Crippen molar-refractivity contribution < 1.29 is 18.0 Å². The third-order valence-electron chi connectivity index (χ3n) is 6.04. The maximum atomic E-state index is 13.8. The molecule has 1 amide bonds. The van der Waals surface area contributed by atoms with Gasteiger partial charge in [-0.25, -0.2) is 4.68 Å². The van der Waals surface area contributed by atoms with E-state index in [9.17, 15) is 18.0 Å². The van der Waals surface area contributed by atoms with Crippen molar-refractivity contribution in [1.82, 2.24) is 14.7 Å². The molecule has 1 N–H and O–H groups in total. The maximum absolute atomic E-state index is 13.8. The second-order valence-corrected chi connectivity index (χ2v) is 8.10. The molecule has 8 heteroatoms. The number of halogens is 3. The highest BCUT2D eigenvalue weighted by Gasteiger charge is 2.47. The highest BCUT2D eigenvalue weighted by molar-refractivity contribution is 5.93. The molecule has 0 bridgehead atoms. The Hall–Kier alpha value is -2.51. The lowest BCUT2D eigenvalue weighted by Crippen LogP contribution is -2.47. The van der Waals surface area contributed by atoms with Gasteiger partial charge in [0.05, 0.1) is 6.04 Å². The Kier molecular flexibility index (Phi) is 5.04. The standard InChI is InChI=1S/C21H25F3N4O/c1-13-7-6-8-14(2)27(13)20(29)17-12-19-25-16(15-9-4-3-5-10-15)11-18(21(22,23)24)28(19)26-17/h3-5,9-10,12-14,16,18,25H,6-8,11H2,1-2H3/t13-,14+,16-,18+/m0/s1. The zero-order valence-electron chi connectivity index (χ0n) is 16.5. The number of likely N-dealkylation sites (tertiary alicyclic amines) is 1. The Morgan fingerprint density at radius 3 is 2.41 bits per heavy atom. The van der Waals surface area contributed by atoms with Gasteiger partial charge in [0, 0.05) is 24.6 Å². The average Bonchev–Trinajstić information content (AvgIpc) is 3.11. The molecule has 1 aromatic heterocycles. The van der Waals surface area contributed by atoms with E-state index in [-0.39, 0.29) is 35.9 Å². The van der Waals surface area contributed by atoms with Gasteiger partial charge in [-0.05, 0) is 38.7 Å². The third-order valence-corrected chi connectivity index (χ3v) is 6.04. The molecule has 4 atom stereocenters. The summed E-state index contributed by atoms with van der Waals surface area (Å²) in [4.78, 5) is 14.8. The second kappa shape index (κ2) is 7.39. The molecule has 1 saturated heterocycles. The lowest BCUT2D eigenvalue weighted by atomic mass is 9.97. The van der Waals surface area contributed by atoms with Crippen LogP contribution in [0.4, 0.5) is 19.0 Å². The van der Waals surface area contributed by atoms with Crippen LogP contribution in [-0.4, -0.2) is 38.8 Å².